The van der Waals surface area contributed by atoms with Crippen LogP contribution in [-0.2, 0) is 10.5 Å². The van der Waals surface area contributed by atoms with Crippen molar-refractivity contribution in [3.63, 3.8) is 0 Å². The molecule has 2 aliphatic heterocycles. The number of hydrogen-bond donors (Lipinski definition) is 1. The number of pyridine rings is 1. The molecule has 1 unspecified atom stereocenters. The fourth-order valence-electron chi connectivity index (χ4n) is 4.14. The van der Waals surface area contributed by atoms with Crippen molar-refractivity contribution in [3.8, 4) is 5.75 Å². The van der Waals surface area contributed by atoms with Crippen LogP contribution in [0.25, 0.3) is 0 Å². The normalized spacial score (nSPS) is 16.9. The number of halogens is 1. The number of amides is 1. The number of nitrogens with zero attached hydrogens (tertiary/aromatic N) is 2. The van der Waals surface area contributed by atoms with Crippen LogP contribution < -0.4 is 20.5 Å². The summed E-state index contributed by atoms with van der Waals surface area (Å²) in [6.07, 6.45) is 1.54. The molecule has 1 atom stereocenters. The van der Waals surface area contributed by atoms with Gasteiger partial charge in [0.1, 0.15) is 6.67 Å². The first kappa shape index (κ1) is 20.7. The molecule has 5 rings (SSSR count). The predicted molar refractivity (Wildman–Crippen MR) is 122 cm³/mol. The standard InChI is InChI=1S/C23H18ClN3O4S/c1-13(28)31-22-18(29)8-9-26-21(22)23(30)25-12-27(26)20-16-5-3-2-4-14(16)11-32-19-7-6-15(24)10-17(19)20/h2-10,20H,11-12H2,1H3,(H,25,30). The summed E-state index contributed by atoms with van der Waals surface area (Å²) in [4.78, 5) is 37.9. The van der Waals surface area contributed by atoms with Gasteiger partial charge in [-0.25, -0.2) is 0 Å². The van der Waals surface area contributed by atoms with E-state index in [4.69, 9.17) is 16.3 Å². The van der Waals surface area contributed by atoms with Crippen LogP contribution in [0, 0.1) is 0 Å². The van der Waals surface area contributed by atoms with Crippen LogP contribution in [0.2, 0.25) is 5.02 Å². The van der Waals surface area contributed by atoms with E-state index in [9.17, 15) is 14.4 Å². The van der Waals surface area contributed by atoms with Crippen LogP contribution in [0.1, 0.15) is 40.1 Å². The Labute approximate surface area is 192 Å². The van der Waals surface area contributed by atoms with Crippen molar-refractivity contribution in [1.29, 1.82) is 0 Å². The van der Waals surface area contributed by atoms with Gasteiger partial charge in [0.15, 0.2) is 5.69 Å². The van der Waals surface area contributed by atoms with Crippen LogP contribution in [0.4, 0.5) is 0 Å². The SMILES string of the molecule is CC(=O)Oc1c2n(ccc1=O)N(C1c3ccccc3CSc3ccc(Cl)cc31)CNC2=O. The molecule has 3 aromatic rings. The van der Waals surface area contributed by atoms with E-state index in [0.717, 1.165) is 27.3 Å². The summed E-state index contributed by atoms with van der Waals surface area (Å²) in [5, 5.41) is 5.36. The fraction of sp³-hybridized carbons (Fsp3) is 0.174. The molecule has 0 spiro atoms. The molecule has 7 nitrogen and oxygen atoms in total. The Morgan fingerprint density at radius 2 is 1.97 bits per heavy atom. The zero-order chi connectivity index (χ0) is 22.4. The number of hydrogen-bond acceptors (Lipinski definition) is 6. The average Bonchev–Trinajstić information content (AvgIpc) is 2.92. The molecule has 32 heavy (non-hydrogen) atoms. The number of carbonyl (C=O) groups is 2. The van der Waals surface area contributed by atoms with E-state index in [1.54, 1.807) is 16.4 Å². The molecule has 0 radical (unpaired) electrons. The van der Waals surface area contributed by atoms with Gasteiger partial charge in [-0.05, 0) is 34.9 Å². The van der Waals surface area contributed by atoms with Crippen molar-refractivity contribution < 1.29 is 14.3 Å². The number of benzene rings is 2. The highest BCUT2D eigenvalue weighted by Crippen LogP contribution is 2.43. The molecular formula is C23H18ClN3O4S. The molecule has 9 heteroatoms. The minimum Gasteiger partial charge on any atom is -0.420 e. The highest BCUT2D eigenvalue weighted by molar-refractivity contribution is 7.98. The molecular weight excluding hydrogens is 450 g/mol. The maximum Gasteiger partial charge on any atom is 0.308 e. The van der Waals surface area contributed by atoms with Crippen LogP contribution >= 0.6 is 23.4 Å². The predicted octanol–water partition coefficient (Wildman–Crippen LogP) is 3.46. The number of esters is 1. The zero-order valence-corrected chi connectivity index (χ0v) is 18.6. The van der Waals surface area contributed by atoms with E-state index in [0.29, 0.717) is 5.02 Å². The lowest BCUT2D eigenvalue weighted by Gasteiger charge is -2.40. The molecule has 0 bridgehead atoms. The van der Waals surface area contributed by atoms with Gasteiger partial charge in [0.25, 0.3) is 5.91 Å². The van der Waals surface area contributed by atoms with Crippen LogP contribution in [-0.4, -0.2) is 23.2 Å². The van der Waals surface area contributed by atoms with Gasteiger partial charge in [-0.1, -0.05) is 35.9 Å². The molecule has 162 valence electrons. The number of nitrogens with one attached hydrogen (secondary N) is 1. The van der Waals surface area contributed by atoms with Crippen LogP contribution in [0.5, 0.6) is 5.75 Å². The number of carbonyl (C=O) groups excluding carboxylic acids is 2. The van der Waals surface area contributed by atoms with Gasteiger partial charge in [-0.15, -0.1) is 11.8 Å². The van der Waals surface area contributed by atoms with E-state index in [1.807, 2.05) is 35.3 Å². The largest absolute Gasteiger partial charge is 0.420 e. The summed E-state index contributed by atoms with van der Waals surface area (Å²) in [6, 6.07) is 14.9. The minimum atomic E-state index is -0.672. The van der Waals surface area contributed by atoms with E-state index in [1.165, 1.54) is 19.2 Å². The molecule has 2 aliphatic rings. The molecule has 1 aromatic heterocycles. The third-order valence-electron chi connectivity index (χ3n) is 5.47. The third kappa shape index (κ3) is 3.45. The molecule has 0 saturated carbocycles. The fourth-order valence-corrected chi connectivity index (χ4v) is 5.40. The third-order valence-corrected chi connectivity index (χ3v) is 6.84. The van der Waals surface area contributed by atoms with Crippen molar-refractivity contribution in [2.75, 3.05) is 11.7 Å². The lowest BCUT2D eigenvalue weighted by molar-refractivity contribution is -0.132. The van der Waals surface area contributed by atoms with Gasteiger partial charge in [-0.3, -0.25) is 24.1 Å². The second-order valence-electron chi connectivity index (χ2n) is 7.47. The number of ether oxygens (including phenoxy) is 1. The van der Waals surface area contributed by atoms with Crippen molar-refractivity contribution in [1.82, 2.24) is 9.99 Å². The summed E-state index contributed by atoms with van der Waals surface area (Å²) in [5.74, 6) is -0.658. The highest BCUT2D eigenvalue weighted by Gasteiger charge is 2.35. The van der Waals surface area contributed by atoms with E-state index < -0.39 is 17.3 Å². The zero-order valence-electron chi connectivity index (χ0n) is 17.0. The van der Waals surface area contributed by atoms with Gasteiger partial charge in [-0.2, -0.15) is 0 Å². The van der Waals surface area contributed by atoms with Crippen LogP contribution in [0.3, 0.4) is 0 Å². The topological polar surface area (TPSA) is 80.6 Å². The Balaban J connectivity index is 1.76. The number of fused-ring (bicyclic) bond motifs is 3. The minimum absolute atomic E-state index is 0.0168. The van der Waals surface area contributed by atoms with Gasteiger partial charge in [0.05, 0.1) is 6.04 Å². The maximum absolute atomic E-state index is 12.8. The van der Waals surface area contributed by atoms with Gasteiger partial charge >= 0.3 is 5.97 Å². The molecule has 0 saturated heterocycles. The van der Waals surface area contributed by atoms with Gasteiger partial charge in [0, 0.05) is 34.9 Å². The maximum atomic E-state index is 12.8. The lowest BCUT2D eigenvalue weighted by Crippen LogP contribution is -2.54. The summed E-state index contributed by atoms with van der Waals surface area (Å²) in [6.45, 7) is 1.38. The Morgan fingerprint density at radius 1 is 1.16 bits per heavy atom. The average molecular weight is 468 g/mol. The number of thioether (sulfide) groups is 1. The quantitative estimate of drug-likeness (QED) is 0.581. The first-order valence-electron chi connectivity index (χ1n) is 9.93. The molecule has 1 N–H and O–H groups in total. The van der Waals surface area contributed by atoms with Gasteiger partial charge < -0.3 is 10.1 Å². The summed E-state index contributed by atoms with van der Waals surface area (Å²) >= 11 is 8.11. The summed E-state index contributed by atoms with van der Waals surface area (Å²) < 4.78 is 6.75. The second kappa shape index (κ2) is 8.03. The lowest BCUT2D eigenvalue weighted by atomic mass is 9.94. The molecule has 3 heterocycles. The van der Waals surface area contributed by atoms with Gasteiger partial charge in [0.2, 0.25) is 11.2 Å². The van der Waals surface area contributed by atoms with Crippen LogP contribution in [0.15, 0.2) is 64.4 Å². The Morgan fingerprint density at radius 3 is 2.78 bits per heavy atom. The Bertz CT molecular complexity index is 1320. The van der Waals surface area contributed by atoms with E-state index in [2.05, 4.69) is 17.4 Å². The van der Waals surface area contributed by atoms with Crippen molar-refractivity contribution in [3.05, 3.63) is 92.4 Å². The molecule has 0 fully saturated rings. The molecule has 2 aromatic carbocycles. The molecule has 1 amide bonds. The Kier molecular flexibility index (Phi) is 5.19. The number of rotatable bonds is 2. The Hall–Kier alpha value is -3.23. The van der Waals surface area contributed by atoms with Crippen molar-refractivity contribution in [2.45, 2.75) is 23.6 Å². The highest BCUT2D eigenvalue weighted by atomic mass is 35.5. The van der Waals surface area contributed by atoms with Crippen molar-refractivity contribution in [2.24, 2.45) is 0 Å². The van der Waals surface area contributed by atoms with E-state index >= 15 is 0 Å². The first-order chi connectivity index (χ1) is 15.4. The van der Waals surface area contributed by atoms with Crippen molar-refractivity contribution >= 4 is 35.2 Å². The second-order valence-corrected chi connectivity index (χ2v) is 8.93. The van der Waals surface area contributed by atoms with E-state index in [-0.39, 0.29) is 24.2 Å². The first-order valence-corrected chi connectivity index (χ1v) is 11.3. The monoisotopic (exact) mass is 467 g/mol. The number of aromatic nitrogens is 1. The summed E-state index contributed by atoms with van der Waals surface area (Å²) in [5.41, 5.74) is 2.66. The molecule has 0 aliphatic carbocycles. The smallest absolute Gasteiger partial charge is 0.308 e. The summed E-state index contributed by atoms with van der Waals surface area (Å²) in [7, 11) is 0.